The zero-order valence-electron chi connectivity index (χ0n) is 32.6. The van der Waals surface area contributed by atoms with E-state index in [1.807, 2.05) is 36.4 Å². The van der Waals surface area contributed by atoms with Crippen LogP contribution in [0.25, 0.3) is 27.8 Å². The third-order valence-electron chi connectivity index (χ3n) is 10.3. The van der Waals surface area contributed by atoms with Gasteiger partial charge in [0.05, 0.1) is 99.6 Å². The molecule has 4 aromatic rings. The number of para-hydroxylation sites is 2. The third-order valence-corrected chi connectivity index (χ3v) is 10.3. The molecule has 2 aliphatic heterocycles. The highest BCUT2D eigenvalue weighted by molar-refractivity contribution is 5.93. The second-order valence-electron chi connectivity index (χ2n) is 13.8. The van der Waals surface area contributed by atoms with Crippen molar-refractivity contribution in [2.75, 3.05) is 53.6 Å². The van der Waals surface area contributed by atoms with Crippen molar-refractivity contribution in [2.24, 2.45) is 0 Å². The fraction of sp³-hybridized carbons (Fsp3) is 0.310. The molecule has 0 spiro atoms. The van der Waals surface area contributed by atoms with Crippen LogP contribution in [0, 0.1) is 30.3 Å². The predicted octanol–water partition coefficient (Wildman–Crippen LogP) is 8.45. The highest BCUT2D eigenvalue weighted by atomic mass is 16.6. The first kappa shape index (κ1) is 40.4. The van der Waals surface area contributed by atoms with Gasteiger partial charge in [-0.05, 0) is 31.1 Å². The number of non-ortho nitro benzene ring substituents is 1. The fourth-order valence-electron chi connectivity index (χ4n) is 7.76. The van der Waals surface area contributed by atoms with Gasteiger partial charge < -0.3 is 38.5 Å². The molecule has 17 heteroatoms. The second-order valence-corrected chi connectivity index (χ2v) is 13.8. The Labute approximate surface area is 337 Å². The number of methoxy groups -OCH3 is 4. The number of rotatable bonds is 9. The van der Waals surface area contributed by atoms with Gasteiger partial charge in [0.15, 0.2) is 5.69 Å². The van der Waals surface area contributed by atoms with Crippen LogP contribution >= 0.6 is 0 Å². The van der Waals surface area contributed by atoms with Crippen LogP contribution in [0.1, 0.15) is 30.4 Å². The minimum Gasteiger partial charge on any atom is -0.496 e. The number of hydrogen-bond donors (Lipinski definition) is 1. The van der Waals surface area contributed by atoms with Gasteiger partial charge in [-0.25, -0.2) is 0 Å². The highest BCUT2D eigenvalue weighted by Crippen LogP contribution is 2.50. The van der Waals surface area contributed by atoms with Gasteiger partial charge >= 0.3 is 11.4 Å². The molecule has 2 atom stereocenters. The number of benzene rings is 4. The molecule has 0 saturated carbocycles. The molecule has 0 amide bonds. The largest absolute Gasteiger partial charge is 0.496 e. The molecular weight excluding hydrogens is 768 g/mol. The van der Waals surface area contributed by atoms with Crippen molar-refractivity contribution in [3.05, 3.63) is 125 Å². The van der Waals surface area contributed by atoms with Crippen LogP contribution in [-0.4, -0.2) is 75.2 Å². The predicted molar refractivity (Wildman–Crippen MR) is 215 cm³/mol. The van der Waals surface area contributed by atoms with Crippen molar-refractivity contribution < 1.29 is 47.9 Å². The molecule has 2 heterocycles. The van der Waals surface area contributed by atoms with Gasteiger partial charge in [0, 0.05) is 51.1 Å². The second kappa shape index (κ2) is 17.4. The SMILES string of the molecule is COC1=C2CC=C=C1COCC1CCC(COCc3cccc(c3OC)-c3cccc(c3OC)-c3cc(Nc4c([N+](=O)[O-])cc([N+](=O)[O-])cc4[N+](=O)[O-])cc2c3OC)O1. The highest BCUT2D eigenvalue weighted by Gasteiger charge is 2.33. The molecule has 10 bridgehead atoms. The summed E-state index contributed by atoms with van der Waals surface area (Å²) in [5.74, 6) is 1.76. The minimum atomic E-state index is -0.931. The zero-order valence-corrected chi connectivity index (χ0v) is 32.6. The zero-order chi connectivity index (χ0) is 41.8. The lowest BCUT2D eigenvalue weighted by Gasteiger charge is -2.24. The van der Waals surface area contributed by atoms with Crippen LogP contribution in [0.15, 0.2) is 83.8 Å². The molecule has 2 unspecified atom stereocenters. The smallest absolute Gasteiger partial charge is 0.306 e. The van der Waals surface area contributed by atoms with E-state index in [0.717, 1.165) is 18.4 Å². The summed E-state index contributed by atoms with van der Waals surface area (Å²) in [6.07, 6.45) is 3.48. The first-order valence-electron chi connectivity index (χ1n) is 18.5. The van der Waals surface area contributed by atoms with E-state index in [-0.39, 0.29) is 31.1 Å². The molecule has 306 valence electrons. The summed E-state index contributed by atoms with van der Waals surface area (Å²) in [4.78, 5) is 33.6. The lowest BCUT2D eigenvalue weighted by molar-refractivity contribution is -0.401. The van der Waals surface area contributed by atoms with Gasteiger partial charge in [-0.15, -0.1) is 5.73 Å². The molecule has 1 saturated heterocycles. The van der Waals surface area contributed by atoms with E-state index in [4.69, 9.17) is 33.2 Å². The van der Waals surface area contributed by atoms with Gasteiger partial charge in [0.25, 0.3) is 5.69 Å². The number of fused-ring (bicyclic) bond motifs is 12. The Morgan fingerprint density at radius 1 is 0.678 bits per heavy atom. The lowest BCUT2D eigenvalue weighted by Crippen LogP contribution is -2.21. The Morgan fingerprint density at radius 2 is 1.24 bits per heavy atom. The van der Waals surface area contributed by atoms with Crippen molar-refractivity contribution in [1.29, 1.82) is 0 Å². The Kier molecular flexibility index (Phi) is 11.9. The van der Waals surface area contributed by atoms with Crippen molar-refractivity contribution in [2.45, 2.75) is 38.1 Å². The maximum absolute atomic E-state index is 12.3. The van der Waals surface area contributed by atoms with Gasteiger partial charge in [0.1, 0.15) is 23.0 Å². The summed E-state index contributed by atoms with van der Waals surface area (Å²) in [6.45, 7) is 1.08. The first-order chi connectivity index (χ1) is 28.6. The van der Waals surface area contributed by atoms with Crippen LogP contribution in [0.5, 0.6) is 17.2 Å². The van der Waals surface area contributed by atoms with Crippen molar-refractivity contribution in [3.8, 4) is 39.5 Å². The minimum absolute atomic E-state index is 0.103. The number of nitrogens with one attached hydrogen (secondary N) is 1. The number of nitro benzene ring substituents is 3. The van der Waals surface area contributed by atoms with E-state index in [2.05, 4.69) is 11.0 Å². The summed E-state index contributed by atoms with van der Waals surface area (Å²) in [5.41, 5.74) is 5.07. The number of hydrogen-bond acceptors (Lipinski definition) is 14. The molecule has 59 heavy (non-hydrogen) atoms. The first-order valence-corrected chi connectivity index (χ1v) is 18.5. The molecule has 7 rings (SSSR count). The van der Waals surface area contributed by atoms with Gasteiger partial charge in [-0.1, -0.05) is 36.4 Å². The van der Waals surface area contributed by atoms with E-state index in [1.165, 1.54) is 21.3 Å². The summed E-state index contributed by atoms with van der Waals surface area (Å²) >= 11 is 0. The van der Waals surface area contributed by atoms with Crippen LogP contribution < -0.4 is 19.5 Å². The Hall–Kier alpha value is -6.78. The normalized spacial score (nSPS) is 17.6. The maximum atomic E-state index is 12.3. The molecule has 0 radical (unpaired) electrons. The number of ether oxygens (including phenoxy) is 7. The summed E-state index contributed by atoms with van der Waals surface area (Å²) in [7, 11) is 6.10. The van der Waals surface area contributed by atoms with E-state index in [0.29, 0.717) is 93.7 Å². The number of anilines is 2. The summed E-state index contributed by atoms with van der Waals surface area (Å²) in [5, 5.41) is 39.2. The molecule has 1 fully saturated rings. The van der Waals surface area contributed by atoms with E-state index >= 15 is 0 Å². The average Bonchev–Trinajstić information content (AvgIpc) is 3.69. The molecule has 3 aliphatic rings. The number of nitrogens with zero attached hydrogens (tertiary/aromatic N) is 3. The standard InChI is InChI=1S/C42H40N4O13/c1-53-39-24-8-5-10-30(39)31-12-7-13-33(41(31)55-3)35-17-26(43-38-36(45(49)50)18-27(44(47)48)19-37(38)46(51)52)16-34(42(35)56-4)32-11-6-9-25(40(32)54-2)21-58-23-29-15-14-28(59-29)22-57-20-24/h5-8,10,12-13,16-19,28-29,43H,11,14-15,20-23H2,1-4H3. The molecule has 1 aliphatic carbocycles. The molecule has 4 aromatic carbocycles. The average molecular weight is 809 g/mol. The monoisotopic (exact) mass is 808 g/mol. The number of nitro groups is 3. The third kappa shape index (κ3) is 8.04. The van der Waals surface area contributed by atoms with E-state index in [1.54, 1.807) is 25.3 Å². The molecule has 0 aromatic heterocycles. The number of allylic oxidation sites excluding steroid dienone is 1. The Morgan fingerprint density at radius 3 is 1.83 bits per heavy atom. The van der Waals surface area contributed by atoms with Crippen molar-refractivity contribution >= 4 is 34.0 Å². The van der Waals surface area contributed by atoms with E-state index in [9.17, 15) is 30.3 Å². The Balaban J connectivity index is 1.50. The molecule has 17 nitrogen and oxygen atoms in total. The topological polar surface area (TPSA) is 206 Å². The van der Waals surface area contributed by atoms with E-state index < -0.39 is 37.5 Å². The molecule has 1 N–H and O–H groups in total. The fourth-order valence-corrected chi connectivity index (χ4v) is 7.76. The van der Waals surface area contributed by atoms with Crippen LogP contribution in [0.4, 0.5) is 28.4 Å². The van der Waals surface area contributed by atoms with Gasteiger partial charge in [-0.3, -0.25) is 30.3 Å². The van der Waals surface area contributed by atoms with Crippen molar-refractivity contribution in [3.63, 3.8) is 0 Å². The lowest BCUT2D eigenvalue weighted by atomic mass is 9.89. The summed E-state index contributed by atoms with van der Waals surface area (Å²) < 4.78 is 42.9. The van der Waals surface area contributed by atoms with Crippen molar-refractivity contribution in [1.82, 2.24) is 0 Å². The maximum Gasteiger partial charge on any atom is 0.306 e. The van der Waals surface area contributed by atoms with Crippen LogP contribution in [-0.2, 0) is 25.6 Å². The Bertz CT molecular complexity index is 2400. The van der Waals surface area contributed by atoms with Crippen LogP contribution in [0.2, 0.25) is 0 Å². The van der Waals surface area contributed by atoms with Crippen LogP contribution in [0.3, 0.4) is 0 Å². The quantitative estimate of drug-likeness (QED) is 0.0957. The van der Waals surface area contributed by atoms with Gasteiger partial charge in [-0.2, -0.15) is 0 Å². The molecular formula is C42H40N4O13. The van der Waals surface area contributed by atoms with Gasteiger partial charge in [0.2, 0.25) is 0 Å². The summed E-state index contributed by atoms with van der Waals surface area (Å²) in [6, 6.07) is 15.8.